The van der Waals surface area contributed by atoms with Crippen LogP contribution in [0.1, 0.15) is 52.7 Å². The van der Waals surface area contributed by atoms with Gasteiger partial charge in [0.15, 0.2) is 0 Å². The normalized spacial score (nSPS) is 11.2. The van der Waals surface area contributed by atoms with Gasteiger partial charge in [-0.1, -0.05) is 45.9 Å². The molecule has 0 radical (unpaired) electrons. The Balaban J connectivity index is 2.13. The van der Waals surface area contributed by atoms with Crippen LogP contribution in [0.3, 0.4) is 0 Å². The Morgan fingerprint density at radius 3 is 2.35 bits per heavy atom. The maximum atomic E-state index is 12.3. The van der Waals surface area contributed by atoms with Gasteiger partial charge < -0.3 is 10.6 Å². The first kappa shape index (κ1) is 19.7. The van der Waals surface area contributed by atoms with Crippen LogP contribution in [0.2, 0.25) is 0 Å². The van der Waals surface area contributed by atoms with E-state index < -0.39 is 0 Å². The summed E-state index contributed by atoms with van der Waals surface area (Å²) in [4.78, 5) is 24.0. The van der Waals surface area contributed by atoms with E-state index in [9.17, 15) is 9.59 Å². The maximum Gasteiger partial charge on any atom is 0.226 e. The van der Waals surface area contributed by atoms with Crippen LogP contribution in [0.25, 0.3) is 5.69 Å². The highest BCUT2D eigenvalue weighted by Crippen LogP contribution is 2.26. The topological polar surface area (TPSA) is 76.0 Å². The van der Waals surface area contributed by atoms with Gasteiger partial charge in [-0.15, -0.1) is 0 Å². The van der Waals surface area contributed by atoms with Crippen molar-refractivity contribution in [3.8, 4) is 5.69 Å². The second-order valence-electron chi connectivity index (χ2n) is 7.31. The van der Waals surface area contributed by atoms with E-state index in [4.69, 9.17) is 0 Å². The molecule has 0 aliphatic carbocycles. The van der Waals surface area contributed by atoms with Crippen LogP contribution in [0.15, 0.2) is 36.4 Å². The zero-order chi connectivity index (χ0) is 19.2. The molecule has 1 heterocycles. The summed E-state index contributed by atoms with van der Waals surface area (Å²) in [5, 5.41) is 10.3. The summed E-state index contributed by atoms with van der Waals surface area (Å²) in [6.45, 7) is 8.86. The van der Waals surface area contributed by atoms with Gasteiger partial charge in [0.2, 0.25) is 11.8 Å². The first-order chi connectivity index (χ1) is 12.3. The number of hydrogen-bond donors (Lipinski definition) is 2. The van der Waals surface area contributed by atoms with Crippen LogP contribution in [0, 0.1) is 0 Å². The molecule has 0 unspecified atom stereocenters. The summed E-state index contributed by atoms with van der Waals surface area (Å²) in [5.74, 6) is 0.309. The Kier molecular flexibility index (Phi) is 6.55. The Morgan fingerprint density at radius 2 is 1.73 bits per heavy atom. The van der Waals surface area contributed by atoms with Gasteiger partial charge in [-0.25, -0.2) is 4.68 Å². The molecule has 0 spiro atoms. The number of benzene rings is 1. The molecule has 6 nitrogen and oxygen atoms in total. The number of nitrogens with zero attached hydrogens (tertiary/aromatic N) is 2. The Morgan fingerprint density at radius 1 is 1.08 bits per heavy atom. The van der Waals surface area contributed by atoms with Gasteiger partial charge in [0, 0.05) is 30.9 Å². The fourth-order valence-electron chi connectivity index (χ4n) is 2.39. The highest BCUT2D eigenvalue weighted by atomic mass is 16.2. The smallest absolute Gasteiger partial charge is 0.226 e. The highest BCUT2D eigenvalue weighted by Gasteiger charge is 2.21. The van der Waals surface area contributed by atoms with Crippen molar-refractivity contribution in [2.24, 2.45) is 0 Å². The van der Waals surface area contributed by atoms with Gasteiger partial charge in [0.1, 0.15) is 5.82 Å². The lowest BCUT2D eigenvalue weighted by molar-refractivity contribution is -0.124. The van der Waals surface area contributed by atoms with E-state index in [-0.39, 0.29) is 30.1 Å². The molecular formula is C20H28N4O2. The van der Waals surface area contributed by atoms with E-state index >= 15 is 0 Å². The molecule has 2 aromatic rings. The van der Waals surface area contributed by atoms with Crippen molar-refractivity contribution in [3.05, 3.63) is 42.1 Å². The van der Waals surface area contributed by atoms with Gasteiger partial charge in [-0.05, 0) is 18.6 Å². The van der Waals surface area contributed by atoms with Crippen LogP contribution in [0.4, 0.5) is 5.82 Å². The van der Waals surface area contributed by atoms with Crippen molar-refractivity contribution >= 4 is 17.6 Å². The number of anilines is 1. The predicted octanol–water partition coefficient (Wildman–Crippen LogP) is 3.41. The molecule has 0 atom stereocenters. The SMILES string of the molecule is CCCNC(=O)CCC(=O)Nc1cc(C(C)(C)C)nn1-c1ccccc1. The van der Waals surface area contributed by atoms with Crippen molar-refractivity contribution in [3.63, 3.8) is 0 Å². The van der Waals surface area contributed by atoms with Gasteiger partial charge in [-0.2, -0.15) is 5.10 Å². The second kappa shape index (κ2) is 8.65. The number of amides is 2. The molecule has 1 aromatic heterocycles. The average molecular weight is 356 g/mol. The first-order valence-corrected chi connectivity index (χ1v) is 9.03. The van der Waals surface area contributed by atoms with Crippen molar-refractivity contribution in [2.45, 2.75) is 52.4 Å². The molecule has 2 amide bonds. The molecule has 6 heteroatoms. The molecule has 0 aliphatic heterocycles. The summed E-state index contributed by atoms with van der Waals surface area (Å²) in [7, 11) is 0. The standard InChI is InChI=1S/C20H28N4O2/c1-5-13-21-18(25)11-12-19(26)22-17-14-16(20(2,3)4)23-24(17)15-9-7-6-8-10-15/h6-10,14H,5,11-13H2,1-4H3,(H,21,25)(H,22,26). The van der Waals surface area contributed by atoms with Crippen LogP contribution >= 0.6 is 0 Å². The third-order valence-electron chi connectivity index (χ3n) is 3.90. The van der Waals surface area contributed by atoms with Crippen molar-refractivity contribution in [2.75, 3.05) is 11.9 Å². The van der Waals surface area contributed by atoms with E-state index in [2.05, 4.69) is 36.5 Å². The summed E-state index contributed by atoms with van der Waals surface area (Å²) < 4.78 is 1.73. The van der Waals surface area contributed by atoms with E-state index in [1.807, 2.05) is 43.3 Å². The second-order valence-corrected chi connectivity index (χ2v) is 7.31. The zero-order valence-electron chi connectivity index (χ0n) is 16.0. The molecule has 1 aromatic carbocycles. The lowest BCUT2D eigenvalue weighted by Crippen LogP contribution is -2.25. The van der Waals surface area contributed by atoms with Crippen molar-refractivity contribution < 1.29 is 9.59 Å². The van der Waals surface area contributed by atoms with Crippen LogP contribution in [0.5, 0.6) is 0 Å². The lowest BCUT2D eigenvalue weighted by Gasteiger charge is -2.14. The predicted molar refractivity (Wildman–Crippen MR) is 103 cm³/mol. The third-order valence-corrected chi connectivity index (χ3v) is 3.90. The third kappa shape index (κ3) is 5.44. The summed E-state index contributed by atoms with van der Waals surface area (Å²) in [6, 6.07) is 11.6. The van der Waals surface area contributed by atoms with Crippen LogP contribution in [-0.4, -0.2) is 28.1 Å². The molecular weight excluding hydrogens is 328 g/mol. The van der Waals surface area contributed by atoms with E-state index in [0.717, 1.165) is 17.8 Å². The monoisotopic (exact) mass is 356 g/mol. The Labute approximate surface area is 155 Å². The number of nitrogens with one attached hydrogen (secondary N) is 2. The zero-order valence-corrected chi connectivity index (χ0v) is 16.0. The lowest BCUT2D eigenvalue weighted by atomic mass is 9.92. The number of para-hydroxylation sites is 1. The number of carbonyl (C=O) groups excluding carboxylic acids is 2. The van der Waals surface area contributed by atoms with Crippen LogP contribution in [-0.2, 0) is 15.0 Å². The Bertz CT molecular complexity index is 745. The fraction of sp³-hybridized carbons (Fsp3) is 0.450. The molecule has 0 fully saturated rings. The molecule has 0 aliphatic rings. The number of rotatable bonds is 7. The van der Waals surface area contributed by atoms with Gasteiger partial charge in [0.25, 0.3) is 0 Å². The summed E-state index contributed by atoms with van der Waals surface area (Å²) >= 11 is 0. The van der Waals surface area contributed by atoms with E-state index in [1.165, 1.54) is 0 Å². The minimum absolute atomic E-state index is 0.103. The molecule has 0 bridgehead atoms. The molecule has 0 saturated carbocycles. The van der Waals surface area contributed by atoms with Gasteiger partial charge >= 0.3 is 0 Å². The molecule has 26 heavy (non-hydrogen) atoms. The molecule has 140 valence electrons. The number of carbonyl (C=O) groups is 2. The minimum atomic E-state index is -0.200. The van der Waals surface area contributed by atoms with Gasteiger partial charge in [-0.3, -0.25) is 9.59 Å². The van der Waals surface area contributed by atoms with Crippen LogP contribution < -0.4 is 10.6 Å². The minimum Gasteiger partial charge on any atom is -0.356 e. The van der Waals surface area contributed by atoms with E-state index in [0.29, 0.717) is 12.4 Å². The maximum absolute atomic E-state index is 12.3. The molecule has 2 N–H and O–H groups in total. The van der Waals surface area contributed by atoms with Gasteiger partial charge in [0.05, 0.1) is 11.4 Å². The van der Waals surface area contributed by atoms with Crippen molar-refractivity contribution in [1.29, 1.82) is 0 Å². The number of aromatic nitrogens is 2. The molecule has 0 saturated heterocycles. The Hall–Kier alpha value is -2.63. The number of hydrogen-bond acceptors (Lipinski definition) is 3. The summed E-state index contributed by atoms with van der Waals surface area (Å²) in [6.07, 6.45) is 1.20. The quantitative estimate of drug-likeness (QED) is 0.798. The fourth-order valence-corrected chi connectivity index (χ4v) is 2.39. The van der Waals surface area contributed by atoms with E-state index in [1.54, 1.807) is 4.68 Å². The van der Waals surface area contributed by atoms with Crippen molar-refractivity contribution in [1.82, 2.24) is 15.1 Å². The summed E-state index contributed by atoms with van der Waals surface area (Å²) in [5.41, 5.74) is 1.62. The highest BCUT2D eigenvalue weighted by molar-refractivity contribution is 5.92. The molecule has 2 rings (SSSR count). The average Bonchev–Trinajstić information content (AvgIpc) is 3.03. The first-order valence-electron chi connectivity index (χ1n) is 9.03. The largest absolute Gasteiger partial charge is 0.356 e.